The van der Waals surface area contributed by atoms with Crippen LogP contribution in [0.5, 0.6) is 5.75 Å². The second-order valence-corrected chi connectivity index (χ2v) is 11.3. The van der Waals surface area contributed by atoms with Gasteiger partial charge < -0.3 is 9.72 Å². The molecule has 6 heteroatoms. The Kier molecular flexibility index (Phi) is 5.18. The fraction of sp³-hybridized carbons (Fsp3) is 0.552. The van der Waals surface area contributed by atoms with E-state index in [0.29, 0.717) is 18.0 Å². The van der Waals surface area contributed by atoms with Gasteiger partial charge in [0.2, 0.25) is 0 Å². The average molecular weight is 475 g/mol. The zero-order valence-electron chi connectivity index (χ0n) is 20.5. The Morgan fingerprint density at radius 1 is 1.14 bits per heavy atom. The molecule has 0 unspecified atom stereocenters. The molecule has 7 rings (SSSR count). The predicted octanol–water partition coefficient (Wildman–Crippen LogP) is 5.26. The van der Waals surface area contributed by atoms with Gasteiger partial charge in [0.1, 0.15) is 11.9 Å². The Morgan fingerprint density at radius 3 is 2.66 bits per heavy atom. The number of nitrogens with zero attached hydrogens (tertiary/aromatic N) is 3. The van der Waals surface area contributed by atoms with Crippen LogP contribution in [0, 0.1) is 5.92 Å². The number of H-pyrrole nitrogens is 1. The molecule has 3 fully saturated rings. The molecule has 35 heavy (non-hydrogen) atoms. The molecule has 1 aromatic carbocycles. The minimum Gasteiger partial charge on any atom is -0.486 e. The molecule has 2 aliphatic carbocycles. The number of hydrogen-bond donors (Lipinski definition) is 1. The average Bonchev–Trinajstić information content (AvgIpc) is 3.21. The topological polar surface area (TPSA) is 44.4 Å². The van der Waals surface area contributed by atoms with Crippen molar-refractivity contribution in [3.8, 4) is 5.75 Å². The van der Waals surface area contributed by atoms with Crippen molar-refractivity contribution in [2.24, 2.45) is 5.92 Å². The van der Waals surface area contributed by atoms with Crippen molar-refractivity contribution in [1.29, 1.82) is 0 Å². The number of fused-ring (bicyclic) bond motifs is 4. The minimum absolute atomic E-state index is 0.151. The molecule has 0 radical (unpaired) electrons. The van der Waals surface area contributed by atoms with Crippen molar-refractivity contribution in [2.45, 2.75) is 69.2 Å². The van der Waals surface area contributed by atoms with Gasteiger partial charge in [0.25, 0.3) is 0 Å². The monoisotopic (exact) mass is 474 g/mol. The molecule has 0 amide bonds. The molecule has 0 spiro atoms. The van der Waals surface area contributed by atoms with Crippen molar-refractivity contribution >= 4 is 10.9 Å². The fourth-order valence-electron chi connectivity index (χ4n) is 7.43. The number of nitrogens with one attached hydrogen (secondary N) is 1. The van der Waals surface area contributed by atoms with Crippen molar-refractivity contribution < 1.29 is 9.13 Å². The molecule has 4 aliphatic rings. The summed E-state index contributed by atoms with van der Waals surface area (Å²) >= 11 is 0. The second-order valence-electron chi connectivity index (χ2n) is 11.3. The van der Waals surface area contributed by atoms with Crippen LogP contribution in [0.25, 0.3) is 10.9 Å². The Balaban J connectivity index is 1.19. The number of halogens is 1. The van der Waals surface area contributed by atoms with Crippen LogP contribution < -0.4 is 4.74 Å². The minimum atomic E-state index is -0.246. The number of alkyl halides is 1. The van der Waals surface area contributed by atoms with E-state index in [9.17, 15) is 4.39 Å². The zero-order chi connectivity index (χ0) is 23.6. The summed E-state index contributed by atoms with van der Waals surface area (Å²) < 4.78 is 18.6. The van der Waals surface area contributed by atoms with E-state index in [-0.39, 0.29) is 18.8 Å². The lowest BCUT2D eigenvalue weighted by Crippen LogP contribution is -2.69. The van der Waals surface area contributed by atoms with E-state index in [1.165, 1.54) is 47.8 Å². The molecule has 2 aliphatic heterocycles. The van der Waals surface area contributed by atoms with E-state index < -0.39 is 0 Å². The van der Waals surface area contributed by atoms with Crippen LogP contribution in [0.4, 0.5) is 4.39 Å². The molecule has 184 valence electrons. The van der Waals surface area contributed by atoms with Crippen molar-refractivity contribution in [1.82, 2.24) is 19.8 Å². The number of hydrogen-bond acceptors (Lipinski definition) is 4. The summed E-state index contributed by atoms with van der Waals surface area (Å²) in [7, 11) is 0. The lowest BCUT2D eigenvalue weighted by atomic mass is 9.51. The quantitative estimate of drug-likeness (QED) is 0.507. The van der Waals surface area contributed by atoms with Gasteiger partial charge in [-0.25, -0.2) is 0 Å². The van der Waals surface area contributed by atoms with E-state index in [1.807, 2.05) is 6.20 Å². The molecule has 3 aromatic rings. The Bertz CT molecular complexity index is 1210. The first kappa shape index (κ1) is 21.8. The molecule has 2 atom stereocenters. The number of benzene rings is 1. The standard InChI is InChI=1S/C29H35FN4O/c1-19-15-24-23-5-2-3-6-25(23)32-27(24)28(34(19)29-11-9-20(29)10-12-29)26-8-7-21(16-31-26)35-22-17-33(18-22)14-4-13-30/h2-3,5-8,16,19-20,22,28,32H,4,9-15,17-18H2,1H3/t19-,20?,28-,29?/m1/s1. The van der Waals surface area contributed by atoms with Gasteiger partial charge in [-0.05, 0) is 75.1 Å². The number of ether oxygens (including phenoxy) is 1. The highest BCUT2D eigenvalue weighted by Gasteiger charge is 2.60. The van der Waals surface area contributed by atoms with Gasteiger partial charge in [0.05, 0.1) is 24.6 Å². The van der Waals surface area contributed by atoms with Crippen molar-refractivity contribution in [3.05, 3.63) is 59.5 Å². The Hall–Kier alpha value is -2.44. The summed E-state index contributed by atoms with van der Waals surface area (Å²) in [5, 5.41) is 1.36. The van der Waals surface area contributed by atoms with Gasteiger partial charge in [-0.3, -0.25) is 19.2 Å². The van der Waals surface area contributed by atoms with Crippen molar-refractivity contribution in [3.63, 3.8) is 0 Å². The Labute approximate surface area is 206 Å². The van der Waals surface area contributed by atoms with E-state index >= 15 is 0 Å². The molecule has 1 saturated heterocycles. The Morgan fingerprint density at radius 2 is 1.97 bits per heavy atom. The maximum absolute atomic E-state index is 12.4. The first-order valence-corrected chi connectivity index (χ1v) is 13.4. The summed E-state index contributed by atoms with van der Waals surface area (Å²) in [5.74, 6) is 1.68. The largest absolute Gasteiger partial charge is 0.486 e. The van der Waals surface area contributed by atoms with Gasteiger partial charge in [0.15, 0.2) is 0 Å². The molecule has 1 N–H and O–H groups in total. The summed E-state index contributed by atoms with van der Waals surface area (Å²) in [6, 6.07) is 13.7. The summed E-state index contributed by atoms with van der Waals surface area (Å²) in [5.41, 5.74) is 5.49. The molecule has 5 nitrogen and oxygen atoms in total. The van der Waals surface area contributed by atoms with Crippen LogP contribution in [-0.2, 0) is 6.42 Å². The lowest BCUT2D eigenvalue weighted by molar-refractivity contribution is -0.153. The van der Waals surface area contributed by atoms with Crippen LogP contribution in [0.1, 0.15) is 62.0 Å². The summed E-state index contributed by atoms with van der Waals surface area (Å²) in [4.78, 5) is 13.9. The fourth-order valence-corrected chi connectivity index (χ4v) is 7.43. The number of pyridine rings is 1. The molecule has 4 heterocycles. The van der Waals surface area contributed by atoms with Crippen LogP contribution in [0.2, 0.25) is 0 Å². The highest BCUT2D eigenvalue weighted by Crippen LogP contribution is 2.61. The maximum atomic E-state index is 12.4. The first-order chi connectivity index (χ1) is 17.2. The number of rotatable bonds is 7. The normalized spacial score (nSPS) is 30.7. The SMILES string of the molecule is C[C@@H]1Cc2c([nH]c3ccccc23)[C@@H](c2ccc(OC3CN(CCCF)C3)cn2)N1C12CCC1CC2. The van der Waals surface area contributed by atoms with Gasteiger partial charge in [0, 0.05) is 47.8 Å². The van der Waals surface area contributed by atoms with E-state index in [4.69, 9.17) is 9.72 Å². The number of likely N-dealkylation sites (tertiary alicyclic amines) is 1. The maximum Gasteiger partial charge on any atom is 0.138 e. The van der Waals surface area contributed by atoms with Crippen LogP contribution in [-0.4, -0.2) is 63.8 Å². The molecular weight excluding hydrogens is 439 g/mol. The number of para-hydroxylation sites is 1. The van der Waals surface area contributed by atoms with Crippen LogP contribution in [0.15, 0.2) is 42.6 Å². The second kappa shape index (κ2) is 8.31. The first-order valence-electron chi connectivity index (χ1n) is 13.4. The highest BCUT2D eigenvalue weighted by molar-refractivity contribution is 5.85. The third-order valence-corrected chi connectivity index (χ3v) is 9.37. The van der Waals surface area contributed by atoms with E-state index in [0.717, 1.165) is 43.4 Å². The number of aromatic nitrogens is 2. The van der Waals surface area contributed by atoms with Crippen LogP contribution in [0.3, 0.4) is 0 Å². The molecule has 2 saturated carbocycles. The lowest BCUT2D eigenvalue weighted by Gasteiger charge is -2.67. The van der Waals surface area contributed by atoms with Gasteiger partial charge >= 0.3 is 0 Å². The van der Waals surface area contributed by atoms with E-state index in [1.54, 1.807) is 0 Å². The highest BCUT2D eigenvalue weighted by atomic mass is 19.1. The molecule has 0 bridgehead atoms. The zero-order valence-corrected chi connectivity index (χ0v) is 20.5. The van der Waals surface area contributed by atoms with Crippen molar-refractivity contribution in [2.75, 3.05) is 26.3 Å². The molecular formula is C29H35FN4O. The third kappa shape index (κ3) is 3.36. The summed E-state index contributed by atoms with van der Waals surface area (Å²) in [6.45, 7) is 4.74. The number of aromatic amines is 1. The molecule has 2 aromatic heterocycles. The van der Waals surface area contributed by atoms with Gasteiger partial charge in [-0.15, -0.1) is 0 Å². The smallest absolute Gasteiger partial charge is 0.138 e. The van der Waals surface area contributed by atoms with Gasteiger partial charge in [-0.2, -0.15) is 0 Å². The third-order valence-electron chi connectivity index (χ3n) is 9.37. The van der Waals surface area contributed by atoms with Crippen LogP contribution >= 0.6 is 0 Å². The van der Waals surface area contributed by atoms with E-state index in [2.05, 4.69) is 58.1 Å². The summed E-state index contributed by atoms with van der Waals surface area (Å²) in [6.07, 6.45) is 9.17. The predicted molar refractivity (Wildman–Crippen MR) is 136 cm³/mol. The van der Waals surface area contributed by atoms with Gasteiger partial charge in [-0.1, -0.05) is 18.2 Å².